The molecule has 0 saturated carbocycles. The van der Waals surface area contributed by atoms with Gasteiger partial charge in [-0.25, -0.2) is 0 Å². The van der Waals surface area contributed by atoms with E-state index >= 15 is 0 Å². The van der Waals surface area contributed by atoms with Crippen LogP contribution in [0.15, 0.2) is 35.4 Å². The number of benzene rings is 1. The van der Waals surface area contributed by atoms with E-state index in [0.717, 1.165) is 5.56 Å². The van der Waals surface area contributed by atoms with E-state index < -0.39 is 0 Å². The predicted molar refractivity (Wildman–Crippen MR) is 115 cm³/mol. The number of anilines is 1. The van der Waals surface area contributed by atoms with Gasteiger partial charge in [0, 0.05) is 5.03 Å². The molecular formula is C21H32ClN3O. The minimum atomic E-state index is 0.0610. The van der Waals surface area contributed by atoms with Gasteiger partial charge in [0.25, 0.3) is 0 Å². The molecule has 5 N–H and O–H groups in total. The molecule has 0 fully saturated rings. The molecule has 1 aliphatic carbocycles. The Morgan fingerprint density at radius 2 is 1.58 bits per heavy atom. The fourth-order valence-corrected chi connectivity index (χ4v) is 2.24. The maximum Gasteiger partial charge on any atom is 0.141 e. The molecule has 0 heterocycles. The van der Waals surface area contributed by atoms with Crippen molar-refractivity contribution in [1.82, 2.24) is 0 Å². The summed E-state index contributed by atoms with van der Waals surface area (Å²) >= 11 is 5.51. The van der Waals surface area contributed by atoms with Crippen molar-refractivity contribution in [2.45, 2.75) is 59.8 Å². The number of hydrogen-bond acceptors (Lipinski definition) is 4. The highest BCUT2D eigenvalue weighted by Gasteiger charge is 2.18. The molecule has 1 aliphatic rings. The monoisotopic (exact) mass is 377 g/mol. The minimum Gasteiger partial charge on any atom is -0.505 e. The molecule has 1 aromatic rings. The second kappa shape index (κ2) is 10.2. The number of phenolic OH excluding ortho intramolecular Hbond substituents is 1. The third-order valence-electron chi connectivity index (χ3n) is 3.64. The Balaban J connectivity index is 0.000000484. The molecule has 2 rings (SSSR count). The molecule has 4 nitrogen and oxygen atoms in total. The summed E-state index contributed by atoms with van der Waals surface area (Å²) in [5, 5.41) is 24.5. The predicted octanol–water partition coefficient (Wildman–Crippen LogP) is 6.14. The molecule has 0 unspecified atom stereocenters. The summed E-state index contributed by atoms with van der Waals surface area (Å²) in [5.41, 5.74) is 8.82. The zero-order valence-electron chi connectivity index (χ0n) is 16.9. The number of nitrogens with two attached hydrogens (primary N) is 1. The van der Waals surface area contributed by atoms with Gasteiger partial charge in [0.1, 0.15) is 5.75 Å². The first-order valence-corrected chi connectivity index (χ1v) is 9.17. The molecule has 1 aromatic carbocycles. The van der Waals surface area contributed by atoms with Gasteiger partial charge in [-0.15, -0.1) is 0 Å². The lowest BCUT2D eigenvalue weighted by atomic mass is 9.84. The van der Waals surface area contributed by atoms with Crippen molar-refractivity contribution in [3.8, 4) is 5.75 Å². The van der Waals surface area contributed by atoms with Gasteiger partial charge < -0.3 is 10.8 Å². The largest absolute Gasteiger partial charge is 0.505 e. The van der Waals surface area contributed by atoms with E-state index in [0.29, 0.717) is 10.7 Å². The van der Waals surface area contributed by atoms with Gasteiger partial charge in [-0.2, -0.15) is 0 Å². The van der Waals surface area contributed by atoms with Gasteiger partial charge in [0.05, 0.1) is 17.1 Å². The summed E-state index contributed by atoms with van der Waals surface area (Å²) < 4.78 is 0. The highest BCUT2D eigenvalue weighted by Crippen LogP contribution is 2.36. The Hall–Kier alpha value is -2.07. The van der Waals surface area contributed by atoms with Crippen molar-refractivity contribution in [1.29, 1.82) is 10.8 Å². The third kappa shape index (κ3) is 7.04. The van der Waals surface area contributed by atoms with E-state index in [1.54, 1.807) is 6.08 Å². The molecule has 0 spiro atoms. The van der Waals surface area contributed by atoms with Crippen molar-refractivity contribution in [3.63, 3.8) is 0 Å². The normalized spacial score (nSPS) is 13.5. The van der Waals surface area contributed by atoms with Crippen LogP contribution in [0.3, 0.4) is 0 Å². The van der Waals surface area contributed by atoms with Crippen LogP contribution >= 0.6 is 11.6 Å². The van der Waals surface area contributed by atoms with Gasteiger partial charge in [0.2, 0.25) is 0 Å². The molecule has 5 heteroatoms. The average molecular weight is 378 g/mol. The van der Waals surface area contributed by atoms with Crippen LogP contribution in [0, 0.1) is 10.8 Å². The Morgan fingerprint density at radius 3 is 1.96 bits per heavy atom. The molecular weight excluding hydrogens is 346 g/mol. The average Bonchev–Trinajstić information content (AvgIpc) is 2.55. The molecule has 0 amide bonds. The molecule has 0 aromatic heterocycles. The van der Waals surface area contributed by atoms with Crippen LogP contribution < -0.4 is 5.73 Å². The number of halogens is 1. The van der Waals surface area contributed by atoms with Crippen LogP contribution in [0.2, 0.25) is 0 Å². The number of phenols is 1. The first-order chi connectivity index (χ1) is 11.9. The van der Waals surface area contributed by atoms with E-state index in [-0.39, 0.29) is 28.5 Å². The fourth-order valence-electron chi connectivity index (χ4n) is 2.07. The maximum atomic E-state index is 9.83. The molecule has 0 bridgehead atoms. The van der Waals surface area contributed by atoms with E-state index in [2.05, 4.69) is 40.7 Å². The first kappa shape index (κ1) is 23.9. The smallest absolute Gasteiger partial charge is 0.141 e. The number of aromatic hydroxyl groups is 1. The fraction of sp³-hybridized carbons (Fsp3) is 0.429. The number of nitrogen functional groups attached to an aromatic ring is 1. The number of nitrogens with one attached hydrogen (secondary N) is 2. The standard InChI is InChI=1S/C13H21NO.C6H5ClN2.C2H6/c1-8(2)10-6-9(13(3,4)5)7-11(14)12(10)15;7-4-1-2-5(8)6(9)3-4;1-2/h6-8,15H,14H2,1-5H3;1-3,8-9H;1-2H3. The van der Waals surface area contributed by atoms with E-state index in [1.165, 1.54) is 17.7 Å². The molecule has 0 aliphatic heterocycles. The van der Waals surface area contributed by atoms with Crippen molar-refractivity contribution in [3.05, 3.63) is 46.5 Å². The first-order valence-electron chi connectivity index (χ1n) is 8.79. The summed E-state index contributed by atoms with van der Waals surface area (Å²) in [6.45, 7) is 14.5. The van der Waals surface area contributed by atoms with E-state index in [4.69, 9.17) is 28.2 Å². The zero-order chi connectivity index (χ0) is 20.7. The number of allylic oxidation sites excluding steroid dienone is 4. The Morgan fingerprint density at radius 1 is 1.04 bits per heavy atom. The number of rotatable bonds is 1. The van der Waals surface area contributed by atoms with Crippen molar-refractivity contribution < 1.29 is 5.11 Å². The Bertz CT molecular complexity index is 711. The van der Waals surface area contributed by atoms with Crippen LogP contribution in [0.4, 0.5) is 5.69 Å². The summed E-state index contributed by atoms with van der Waals surface area (Å²) in [6, 6.07) is 3.91. The second-order valence-electron chi connectivity index (χ2n) is 7.10. The van der Waals surface area contributed by atoms with Gasteiger partial charge in [-0.05, 0) is 46.8 Å². The topological polar surface area (TPSA) is 93.9 Å². The Kier molecular flexibility index (Phi) is 9.36. The minimum absolute atomic E-state index is 0.0610. The van der Waals surface area contributed by atoms with Crippen molar-refractivity contribution >= 4 is 28.7 Å². The summed E-state index contributed by atoms with van der Waals surface area (Å²) in [7, 11) is 0. The van der Waals surface area contributed by atoms with Crippen LogP contribution in [0.5, 0.6) is 5.75 Å². The maximum absolute atomic E-state index is 9.83. The summed E-state index contributed by atoms with van der Waals surface area (Å²) in [6.07, 6.45) is 4.55. The van der Waals surface area contributed by atoms with Crippen LogP contribution in [0.1, 0.15) is 65.5 Å². The molecule has 0 saturated heterocycles. The third-order valence-corrected chi connectivity index (χ3v) is 3.87. The summed E-state index contributed by atoms with van der Waals surface area (Å²) in [4.78, 5) is 0. The van der Waals surface area contributed by atoms with Crippen LogP contribution in [-0.2, 0) is 5.41 Å². The van der Waals surface area contributed by atoms with Gasteiger partial charge in [-0.1, -0.05) is 66.1 Å². The van der Waals surface area contributed by atoms with Gasteiger partial charge in [0.15, 0.2) is 0 Å². The number of hydrogen-bond donors (Lipinski definition) is 4. The lowest BCUT2D eigenvalue weighted by Gasteiger charge is -2.22. The summed E-state index contributed by atoms with van der Waals surface area (Å²) in [5.74, 6) is 0.521. The molecule has 144 valence electrons. The Labute approximate surface area is 162 Å². The van der Waals surface area contributed by atoms with Gasteiger partial charge in [-0.3, -0.25) is 10.8 Å². The van der Waals surface area contributed by atoms with Crippen LogP contribution in [0.25, 0.3) is 0 Å². The van der Waals surface area contributed by atoms with Crippen LogP contribution in [-0.4, -0.2) is 16.5 Å². The molecule has 0 atom stereocenters. The van der Waals surface area contributed by atoms with Crippen molar-refractivity contribution in [2.24, 2.45) is 0 Å². The SMILES string of the molecule is CC.CC(C)c1cc(C(C)(C)C)cc(N)c1O.N=C1C=CC(Cl)=CC1=N. The lowest BCUT2D eigenvalue weighted by Crippen LogP contribution is -2.12. The highest BCUT2D eigenvalue weighted by molar-refractivity contribution is 6.51. The molecule has 0 radical (unpaired) electrons. The van der Waals surface area contributed by atoms with Crippen molar-refractivity contribution in [2.75, 3.05) is 5.73 Å². The lowest BCUT2D eigenvalue weighted by molar-refractivity contribution is 0.466. The zero-order valence-corrected chi connectivity index (χ0v) is 17.6. The van der Waals surface area contributed by atoms with Gasteiger partial charge >= 0.3 is 0 Å². The highest BCUT2D eigenvalue weighted by atomic mass is 35.5. The second-order valence-corrected chi connectivity index (χ2v) is 7.53. The quantitative estimate of drug-likeness (QED) is 0.268. The van der Waals surface area contributed by atoms with E-state index in [9.17, 15) is 5.11 Å². The van der Waals surface area contributed by atoms with E-state index in [1.807, 2.05) is 19.9 Å². The molecule has 26 heavy (non-hydrogen) atoms.